The van der Waals surface area contributed by atoms with Gasteiger partial charge < -0.3 is 10.1 Å². The number of hydrogen-bond donors (Lipinski definition) is 1. The van der Waals surface area contributed by atoms with Gasteiger partial charge in [-0.05, 0) is 32.6 Å². The summed E-state index contributed by atoms with van der Waals surface area (Å²) in [5, 5.41) is 2.78. The first-order valence-electron chi connectivity index (χ1n) is 5.63. The topological polar surface area (TPSA) is 38.3 Å². The zero-order chi connectivity index (χ0) is 13.0. The molecule has 1 atom stereocenters. The molecule has 0 fully saturated rings. The van der Waals surface area contributed by atoms with Crippen LogP contribution < -0.4 is 5.32 Å². The second kappa shape index (κ2) is 6.07. The zero-order valence-electron chi connectivity index (χ0n) is 11.2. The quantitative estimate of drug-likeness (QED) is 0.627. The molecule has 0 bridgehead atoms. The van der Waals surface area contributed by atoms with Crippen LogP contribution in [0.5, 0.6) is 0 Å². The molecule has 96 valence electrons. The molecule has 0 aromatic heterocycles. The van der Waals surface area contributed by atoms with Gasteiger partial charge in [-0.1, -0.05) is 43.4 Å². The number of nitrogens with one attached hydrogen (secondary N) is 1. The normalized spacial score (nSPS) is 14.4. The Morgan fingerprint density at radius 2 is 1.75 bits per heavy atom. The molecule has 1 amide bonds. The van der Waals surface area contributed by atoms with Crippen LogP contribution in [0.4, 0.5) is 4.79 Å². The summed E-state index contributed by atoms with van der Waals surface area (Å²) in [6, 6.07) is 0. The van der Waals surface area contributed by atoms with Crippen molar-refractivity contribution in [3.05, 3.63) is 0 Å². The summed E-state index contributed by atoms with van der Waals surface area (Å²) in [7, 11) is 0. The lowest BCUT2D eigenvalue weighted by molar-refractivity contribution is 0.0526. The average Bonchev–Trinajstić information content (AvgIpc) is 1.98. The van der Waals surface area contributed by atoms with E-state index in [1.807, 2.05) is 20.8 Å². The molecule has 0 aliphatic heterocycles. The molecule has 0 saturated heterocycles. The van der Waals surface area contributed by atoms with Crippen molar-refractivity contribution in [2.24, 2.45) is 5.41 Å². The van der Waals surface area contributed by atoms with E-state index < -0.39 is 5.60 Å². The summed E-state index contributed by atoms with van der Waals surface area (Å²) in [5.74, 6) is 0. The van der Waals surface area contributed by atoms with Gasteiger partial charge in [-0.15, -0.1) is 0 Å². The van der Waals surface area contributed by atoms with E-state index in [0.717, 1.165) is 6.42 Å². The van der Waals surface area contributed by atoms with E-state index in [1.54, 1.807) is 0 Å². The first-order chi connectivity index (χ1) is 7.02. The fourth-order valence-electron chi connectivity index (χ4n) is 1.05. The minimum Gasteiger partial charge on any atom is -0.444 e. The van der Waals surface area contributed by atoms with E-state index in [4.69, 9.17) is 4.74 Å². The van der Waals surface area contributed by atoms with Crippen LogP contribution in [0.2, 0.25) is 0 Å². The lowest BCUT2D eigenvalue weighted by Gasteiger charge is -2.26. The second-order valence-corrected chi connectivity index (χ2v) is 7.55. The van der Waals surface area contributed by atoms with E-state index in [-0.39, 0.29) is 11.5 Å². The van der Waals surface area contributed by atoms with Gasteiger partial charge in [0.05, 0.1) is 0 Å². The van der Waals surface area contributed by atoms with E-state index in [2.05, 4.69) is 48.7 Å². The molecule has 0 spiro atoms. The third-order valence-electron chi connectivity index (χ3n) is 2.01. The summed E-state index contributed by atoms with van der Waals surface area (Å²) in [4.78, 5) is 11.4. The fourth-order valence-corrected chi connectivity index (χ4v) is 1.36. The van der Waals surface area contributed by atoms with Gasteiger partial charge in [0.1, 0.15) is 5.60 Å². The van der Waals surface area contributed by atoms with Crippen LogP contribution in [0.25, 0.3) is 0 Å². The van der Waals surface area contributed by atoms with Gasteiger partial charge >= 0.3 is 6.09 Å². The molecular weight excluding hydrogens is 317 g/mol. The maximum atomic E-state index is 11.4. The lowest BCUT2D eigenvalue weighted by atomic mass is 9.90. The molecule has 0 radical (unpaired) electrons. The molecule has 0 aromatic rings. The van der Waals surface area contributed by atoms with E-state index in [0.29, 0.717) is 10.5 Å². The van der Waals surface area contributed by atoms with E-state index in [1.165, 1.54) is 0 Å². The average molecular weight is 341 g/mol. The van der Waals surface area contributed by atoms with Gasteiger partial charge in [-0.3, -0.25) is 0 Å². The van der Waals surface area contributed by atoms with Crippen LogP contribution in [0, 0.1) is 5.41 Å². The van der Waals surface area contributed by atoms with Gasteiger partial charge in [0, 0.05) is 10.5 Å². The highest BCUT2D eigenvalue weighted by Crippen LogP contribution is 2.28. The number of carbonyl (C=O) groups is 1. The summed E-state index contributed by atoms with van der Waals surface area (Å²) < 4.78 is 5.69. The monoisotopic (exact) mass is 341 g/mol. The van der Waals surface area contributed by atoms with E-state index >= 15 is 0 Å². The lowest BCUT2D eigenvalue weighted by Crippen LogP contribution is -2.34. The maximum Gasteiger partial charge on any atom is 0.407 e. The second-order valence-electron chi connectivity index (χ2n) is 6.05. The summed E-state index contributed by atoms with van der Waals surface area (Å²) >= 11 is 2.43. The summed E-state index contributed by atoms with van der Waals surface area (Å²) in [6.07, 6.45) is 0.633. The number of alkyl carbamates (subject to hydrolysis) is 1. The molecule has 0 rings (SSSR count). The predicted octanol–water partition coefficient (Wildman–Crippen LogP) is 3.75. The summed E-state index contributed by atoms with van der Waals surface area (Å²) in [5.41, 5.74) is -0.145. The molecule has 0 aliphatic rings. The Hall–Kier alpha value is 0. The highest BCUT2D eigenvalue weighted by molar-refractivity contribution is 14.1. The molecule has 4 heteroatoms. The third kappa shape index (κ3) is 8.19. The van der Waals surface area contributed by atoms with Crippen LogP contribution in [-0.4, -0.2) is 22.2 Å². The minimum absolute atomic E-state index is 0.274. The standard InChI is InChI=1S/C12H24INO2/c1-11(2,3)9(13)7-8-14-10(15)16-12(4,5)6/h9H,7-8H2,1-6H3,(H,14,15). The van der Waals surface area contributed by atoms with Gasteiger partial charge in [-0.2, -0.15) is 0 Å². The third-order valence-corrected chi connectivity index (χ3v) is 4.50. The smallest absolute Gasteiger partial charge is 0.407 e. The minimum atomic E-state index is -0.419. The molecule has 1 unspecified atom stereocenters. The van der Waals surface area contributed by atoms with Gasteiger partial charge in [0.2, 0.25) is 0 Å². The molecule has 0 saturated carbocycles. The van der Waals surface area contributed by atoms with Gasteiger partial charge in [0.15, 0.2) is 0 Å². The molecule has 0 heterocycles. The van der Waals surface area contributed by atoms with Crippen molar-refractivity contribution in [1.82, 2.24) is 5.32 Å². The highest BCUT2D eigenvalue weighted by Gasteiger charge is 2.22. The Balaban J connectivity index is 3.79. The molecule has 0 aromatic carbocycles. The number of carbonyl (C=O) groups excluding carboxylic acids is 1. The largest absolute Gasteiger partial charge is 0.444 e. The Morgan fingerprint density at radius 3 is 2.12 bits per heavy atom. The first-order valence-corrected chi connectivity index (χ1v) is 6.88. The fraction of sp³-hybridized carbons (Fsp3) is 0.917. The van der Waals surface area contributed by atoms with Crippen molar-refractivity contribution in [1.29, 1.82) is 0 Å². The SMILES string of the molecule is CC(C)(C)OC(=O)NCCC(I)C(C)(C)C. The molecule has 16 heavy (non-hydrogen) atoms. The van der Waals surface area contributed by atoms with Gasteiger partial charge in [-0.25, -0.2) is 4.79 Å². The van der Waals surface area contributed by atoms with Crippen LogP contribution in [0.15, 0.2) is 0 Å². The number of ether oxygens (including phenoxy) is 1. The van der Waals surface area contributed by atoms with Crippen molar-refractivity contribution >= 4 is 28.7 Å². The Morgan fingerprint density at radius 1 is 1.25 bits per heavy atom. The van der Waals surface area contributed by atoms with Crippen molar-refractivity contribution in [3.63, 3.8) is 0 Å². The van der Waals surface area contributed by atoms with Crippen LogP contribution in [0.3, 0.4) is 0 Å². The van der Waals surface area contributed by atoms with Crippen molar-refractivity contribution < 1.29 is 9.53 Å². The number of rotatable bonds is 3. The number of alkyl halides is 1. The number of halogens is 1. The predicted molar refractivity (Wildman–Crippen MR) is 76.1 cm³/mol. The summed E-state index contributed by atoms with van der Waals surface area (Å²) in [6.45, 7) is 12.9. The molecule has 3 nitrogen and oxygen atoms in total. The molecule has 1 N–H and O–H groups in total. The maximum absolute atomic E-state index is 11.4. The number of hydrogen-bond acceptors (Lipinski definition) is 2. The zero-order valence-corrected chi connectivity index (χ0v) is 13.3. The van der Waals surface area contributed by atoms with Crippen LogP contribution >= 0.6 is 22.6 Å². The van der Waals surface area contributed by atoms with Crippen LogP contribution in [0.1, 0.15) is 48.0 Å². The van der Waals surface area contributed by atoms with Crippen molar-refractivity contribution in [2.45, 2.75) is 57.5 Å². The highest BCUT2D eigenvalue weighted by atomic mass is 127. The van der Waals surface area contributed by atoms with E-state index in [9.17, 15) is 4.79 Å². The van der Waals surface area contributed by atoms with Crippen LogP contribution in [-0.2, 0) is 4.74 Å². The van der Waals surface area contributed by atoms with Crippen molar-refractivity contribution in [2.75, 3.05) is 6.54 Å². The van der Waals surface area contributed by atoms with Gasteiger partial charge in [0.25, 0.3) is 0 Å². The molecular formula is C12H24INO2. The first kappa shape index (κ1) is 16.0. The van der Waals surface area contributed by atoms with Crippen molar-refractivity contribution in [3.8, 4) is 0 Å². The molecule has 0 aliphatic carbocycles. The number of amides is 1. The Labute approximate surface area is 113 Å². The Bertz CT molecular complexity index is 228. The Kier molecular flexibility index (Phi) is 6.07.